The van der Waals surface area contributed by atoms with Crippen LogP contribution < -0.4 is 5.32 Å². The summed E-state index contributed by atoms with van der Waals surface area (Å²) in [5, 5.41) is 7.55. The van der Waals surface area contributed by atoms with E-state index < -0.39 is 0 Å². The van der Waals surface area contributed by atoms with Crippen LogP contribution in [0.25, 0.3) is 5.69 Å². The lowest BCUT2D eigenvalue weighted by molar-refractivity contribution is 0.0527. The van der Waals surface area contributed by atoms with Gasteiger partial charge in [-0.05, 0) is 31.2 Å². The molecule has 0 unspecified atom stereocenters. The van der Waals surface area contributed by atoms with Crippen LogP contribution in [0.3, 0.4) is 0 Å². The lowest BCUT2D eigenvalue weighted by Crippen LogP contribution is -2.07. The van der Waals surface area contributed by atoms with E-state index in [-0.39, 0.29) is 5.97 Å². The number of para-hydroxylation sites is 2. The fourth-order valence-corrected chi connectivity index (χ4v) is 2.24. The Morgan fingerprint density at radius 1 is 1.13 bits per heavy atom. The lowest BCUT2D eigenvalue weighted by Gasteiger charge is -2.09. The molecule has 0 saturated heterocycles. The minimum Gasteiger partial charge on any atom is -0.462 e. The molecule has 1 N–H and O–H groups in total. The van der Waals surface area contributed by atoms with Crippen LogP contribution in [-0.4, -0.2) is 22.4 Å². The molecular weight excluding hydrogens is 290 g/mol. The van der Waals surface area contributed by atoms with Crippen LogP contribution in [0.2, 0.25) is 0 Å². The zero-order valence-electron chi connectivity index (χ0n) is 12.8. The summed E-state index contributed by atoms with van der Waals surface area (Å²) in [6.07, 6.45) is 3.59. The van der Waals surface area contributed by atoms with E-state index in [9.17, 15) is 4.79 Å². The van der Waals surface area contributed by atoms with Crippen LogP contribution in [0.5, 0.6) is 0 Å². The molecule has 23 heavy (non-hydrogen) atoms. The quantitative estimate of drug-likeness (QED) is 0.729. The number of benzene rings is 2. The Morgan fingerprint density at radius 2 is 1.87 bits per heavy atom. The van der Waals surface area contributed by atoms with Crippen LogP contribution in [-0.2, 0) is 4.74 Å². The second-order valence-corrected chi connectivity index (χ2v) is 4.90. The van der Waals surface area contributed by atoms with Crippen molar-refractivity contribution in [3.05, 3.63) is 72.6 Å². The first-order chi connectivity index (χ1) is 11.3. The van der Waals surface area contributed by atoms with Gasteiger partial charge in [-0.15, -0.1) is 0 Å². The molecule has 0 amide bonds. The summed E-state index contributed by atoms with van der Waals surface area (Å²) >= 11 is 0. The monoisotopic (exact) mass is 307 g/mol. The number of carbonyl (C=O) groups is 1. The Bertz CT molecular complexity index is 797. The van der Waals surface area contributed by atoms with Gasteiger partial charge >= 0.3 is 5.97 Å². The normalized spacial score (nSPS) is 10.3. The maximum atomic E-state index is 12.0. The second-order valence-electron chi connectivity index (χ2n) is 4.90. The summed E-state index contributed by atoms with van der Waals surface area (Å²) in [4.78, 5) is 12.0. The zero-order chi connectivity index (χ0) is 16.1. The number of carbonyl (C=O) groups excluding carboxylic acids is 1. The van der Waals surface area contributed by atoms with Crippen LogP contribution in [0, 0.1) is 0 Å². The van der Waals surface area contributed by atoms with Gasteiger partial charge in [0, 0.05) is 0 Å². The SMILES string of the molecule is CCOC(=O)c1ccccc1Nc1cnn(-c2ccccc2)c1. The molecule has 0 aliphatic heterocycles. The highest BCUT2D eigenvalue weighted by molar-refractivity contribution is 5.96. The molecule has 0 spiro atoms. The van der Waals surface area contributed by atoms with Gasteiger partial charge in [0.25, 0.3) is 0 Å². The molecule has 3 aromatic rings. The number of rotatable bonds is 5. The van der Waals surface area contributed by atoms with Crippen molar-refractivity contribution in [1.82, 2.24) is 9.78 Å². The number of anilines is 2. The number of ether oxygens (including phenoxy) is 1. The summed E-state index contributed by atoms with van der Waals surface area (Å²) in [5.41, 5.74) is 2.96. The van der Waals surface area contributed by atoms with Crippen molar-refractivity contribution in [1.29, 1.82) is 0 Å². The van der Waals surface area contributed by atoms with Gasteiger partial charge in [-0.2, -0.15) is 5.10 Å². The van der Waals surface area contributed by atoms with Crippen molar-refractivity contribution in [2.45, 2.75) is 6.92 Å². The molecule has 0 radical (unpaired) electrons. The van der Waals surface area contributed by atoms with E-state index in [4.69, 9.17) is 4.74 Å². The van der Waals surface area contributed by atoms with Gasteiger partial charge in [0.15, 0.2) is 0 Å². The van der Waals surface area contributed by atoms with Crippen molar-refractivity contribution in [2.75, 3.05) is 11.9 Å². The summed E-state index contributed by atoms with van der Waals surface area (Å²) in [6, 6.07) is 17.1. The lowest BCUT2D eigenvalue weighted by atomic mass is 10.2. The molecule has 116 valence electrons. The fraction of sp³-hybridized carbons (Fsp3) is 0.111. The maximum absolute atomic E-state index is 12.0. The minimum atomic E-state index is -0.342. The van der Waals surface area contributed by atoms with E-state index in [0.29, 0.717) is 17.9 Å². The Morgan fingerprint density at radius 3 is 2.65 bits per heavy atom. The van der Waals surface area contributed by atoms with E-state index in [1.54, 1.807) is 23.9 Å². The third-order valence-electron chi connectivity index (χ3n) is 3.30. The van der Waals surface area contributed by atoms with Crippen LogP contribution in [0.4, 0.5) is 11.4 Å². The zero-order valence-corrected chi connectivity index (χ0v) is 12.8. The molecule has 5 heteroatoms. The fourth-order valence-electron chi connectivity index (χ4n) is 2.24. The van der Waals surface area contributed by atoms with Crippen molar-refractivity contribution in [2.24, 2.45) is 0 Å². The van der Waals surface area contributed by atoms with Crippen LogP contribution >= 0.6 is 0 Å². The smallest absolute Gasteiger partial charge is 0.340 e. The van der Waals surface area contributed by atoms with Gasteiger partial charge in [0.05, 0.1) is 41.6 Å². The maximum Gasteiger partial charge on any atom is 0.340 e. The largest absolute Gasteiger partial charge is 0.462 e. The van der Waals surface area contributed by atoms with E-state index in [0.717, 1.165) is 11.4 Å². The first-order valence-corrected chi connectivity index (χ1v) is 7.41. The summed E-state index contributed by atoms with van der Waals surface area (Å²) in [6.45, 7) is 2.14. The van der Waals surface area contributed by atoms with Crippen molar-refractivity contribution >= 4 is 17.3 Å². The van der Waals surface area contributed by atoms with Crippen molar-refractivity contribution in [3.63, 3.8) is 0 Å². The summed E-state index contributed by atoms with van der Waals surface area (Å²) in [5.74, 6) is -0.342. The summed E-state index contributed by atoms with van der Waals surface area (Å²) < 4.78 is 6.85. The molecule has 0 bridgehead atoms. The van der Waals surface area contributed by atoms with Crippen LogP contribution in [0.15, 0.2) is 67.0 Å². The number of hydrogen-bond acceptors (Lipinski definition) is 4. The Balaban J connectivity index is 1.83. The number of aromatic nitrogens is 2. The molecule has 2 aromatic carbocycles. The van der Waals surface area contributed by atoms with Gasteiger partial charge in [-0.3, -0.25) is 0 Å². The number of nitrogens with one attached hydrogen (secondary N) is 1. The first-order valence-electron chi connectivity index (χ1n) is 7.41. The average Bonchev–Trinajstić information content (AvgIpc) is 3.05. The van der Waals surface area contributed by atoms with Gasteiger partial charge in [0.2, 0.25) is 0 Å². The highest BCUT2D eigenvalue weighted by atomic mass is 16.5. The van der Waals surface area contributed by atoms with Crippen LogP contribution in [0.1, 0.15) is 17.3 Å². The van der Waals surface area contributed by atoms with E-state index in [2.05, 4.69) is 10.4 Å². The molecule has 0 fully saturated rings. The molecule has 1 heterocycles. The van der Waals surface area contributed by atoms with E-state index in [1.165, 1.54) is 0 Å². The Kier molecular flexibility index (Phi) is 4.38. The third kappa shape index (κ3) is 3.40. The molecule has 5 nitrogen and oxygen atoms in total. The van der Waals surface area contributed by atoms with Gasteiger partial charge < -0.3 is 10.1 Å². The van der Waals surface area contributed by atoms with Crippen molar-refractivity contribution < 1.29 is 9.53 Å². The third-order valence-corrected chi connectivity index (χ3v) is 3.30. The van der Waals surface area contributed by atoms with Gasteiger partial charge in [-0.1, -0.05) is 30.3 Å². The topological polar surface area (TPSA) is 56.1 Å². The van der Waals surface area contributed by atoms with Gasteiger partial charge in [-0.25, -0.2) is 9.48 Å². The number of hydrogen-bond donors (Lipinski definition) is 1. The Hall–Kier alpha value is -3.08. The number of nitrogens with zero attached hydrogens (tertiary/aromatic N) is 2. The summed E-state index contributed by atoms with van der Waals surface area (Å²) in [7, 11) is 0. The predicted molar refractivity (Wildman–Crippen MR) is 89.2 cm³/mol. The Labute approximate surface area is 134 Å². The highest BCUT2D eigenvalue weighted by Gasteiger charge is 2.12. The molecule has 0 atom stereocenters. The minimum absolute atomic E-state index is 0.342. The molecule has 0 saturated carbocycles. The van der Waals surface area contributed by atoms with E-state index in [1.807, 2.05) is 54.7 Å². The predicted octanol–water partition coefficient (Wildman–Crippen LogP) is 3.79. The molecule has 1 aromatic heterocycles. The van der Waals surface area contributed by atoms with Gasteiger partial charge in [0.1, 0.15) is 0 Å². The number of esters is 1. The molecular formula is C18H17N3O2. The molecule has 3 rings (SSSR count). The highest BCUT2D eigenvalue weighted by Crippen LogP contribution is 2.22. The second kappa shape index (κ2) is 6.79. The van der Waals surface area contributed by atoms with E-state index >= 15 is 0 Å². The molecule has 0 aliphatic carbocycles. The average molecular weight is 307 g/mol. The molecule has 0 aliphatic rings. The standard InChI is InChI=1S/C18H17N3O2/c1-2-23-18(22)16-10-6-7-11-17(16)20-14-12-19-21(13-14)15-8-4-3-5-9-15/h3-13,20H,2H2,1H3. The van der Waals surface area contributed by atoms with Crippen molar-refractivity contribution in [3.8, 4) is 5.69 Å². The first kappa shape index (κ1) is 14.8.